The minimum Gasteiger partial charge on any atom is -0.469 e. The predicted molar refractivity (Wildman–Crippen MR) is 76.8 cm³/mol. The van der Waals surface area contributed by atoms with Crippen LogP contribution in [0.1, 0.15) is 24.4 Å². The molecule has 1 aliphatic rings. The van der Waals surface area contributed by atoms with Crippen LogP contribution in [0.2, 0.25) is 0 Å². The summed E-state index contributed by atoms with van der Waals surface area (Å²) < 4.78 is 5.32. The second kappa shape index (κ2) is 6.09. The maximum absolute atomic E-state index is 5.32. The van der Waals surface area contributed by atoms with Crippen molar-refractivity contribution in [1.82, 2.24) is 20.5 Å². The number of aromatic amines is 1. The van der Waals surface area contributed by atoms with Gasteiger partial charge in [0, 0.05) is 32.0 Å². The number of H-pyrrole nitrogens is 1. The Hall–Kier alpha value is -1.82. The van der Waals surface area contributed by atoms with Crippen LogP contribution in [0.5, 0.6) is 0 Å². The van der Waals surface area contributed by atoms with Gasteiger partial charge in [0.2, 0.25) is 5.95 Å². The lowest BCUT2D eigenvalue weighted by Crippen LogP contribution is -2.41. The Morgan fingerprint density at radius 2 is 2.25 bits per heavy atom. The number of anilines is 1. The van der Waals surface area contributed by atoms with E-state index < -0.39 is 0 Å². The number of nitrogens with one attached hydrogen (secondary N) is 2. The molecule has 0 aliphatic carbocycles. The second-order valence-corrected chi connectivity index (χ2v) is 5.21. The molecule has 6 nitrogen and oxygen atoms in total. The number of aryl methyl sites for hydroxylation is 2. The molecule has 0 atom stereocenters. The zero-order chi connectivity index (χ0) is 13.8. The van der Waals surface area contributed by atoms with E-state index in [1.807, 2.05) is 19.2 Å². The van der Waals surface area contributed by atoms with Crippen LogP contribution in [-0.2, 0) is 12.8 Å². The molecule has 0 radical (unpaired) electrons. The molecule has 20 heavy (non-hydrogen) atoms. The summed E-state index contributed by atoms with van der Waals surface area (Å²) in [5.74, 6) is 2.74. The number of hydrogen-bond donors (Lipinski definition) is 2. The Kier molecular flexibility index (Phi) is 4.01. The van der Waals surface area contributed by atoms with Gasteiger partial charge in [-0.3, -0.25) is 5.10 Å². The third kappa shape index (κ3) is 3.01. The lowest BCUT2D eigenvalue weighted by molar-refractivity contribution is 0.439. The van der Waals surface area contributed by atoms with Gasteiger partial charge in [-0.05, 0) is 32.0 Å². The molecule has 3 rings (SSSR count). The lowest BCUT2D eigenvalue weighted by Gasteiger charge is -2.30. The zero-order valence-electron chi connectivity index (χ0n) is 11.8. The average Bonchev–Trinajstić information content (AvgIpc) is 3.17. The van der Waals surface area contributed by atoms with Crippen molar-refractivity contribution in [3.8, 4) is 0 Å². The first kappa shape index (κ1) is 13.2. The predicted octanol–water partition coefficient (Wildman–Crippen LogP) is 1.37. The van der Waals surface area contributed by atoms with Gasteiger partial charge in [-0.2, -0.15) is 4.98 Å². The highest BCUT2D eigenvalue weighted by molar-refractivity contribution is 5.29. The van der Waals surface area contributed by atoms with E-state index in [0.29, 0.717) is 6.04 Å². The molecule has 1 aliphatic heterocycles. The Labute approximate surface area is 118 Å². The molecule has 0 unspecified atom stereocenters. The number of rotatable bonds is 5. The van der Waals surface area contributed by atoms with Gasteiger partial charge >= 0.3 is 0 Å². The first-order chi connectivity index (χ1) is 9.85. The third-order valence-electron chi connectivity index (χ3n) is 3.89. The van der Waals surface area contributed by atoms with Gasteiger partial charge in [0.1, 0.15) is 11.6 Å². The van der Waals surface area contributed by atoms with Crippen molar-refractivity contribution in [2.75, 3.05) is 25.0 Å². The molecule has 0 spiro atoms. The molecular weight excluding hydrogens is 254 g/mol. The number of piperidine rings is 1. The van der Waals surface area contributed by atoms with Crippen LogP contribution in [0.15, 0.2) is 22.8 Å². The minimum atomic E-state index is 0.628. The van der Waals surface area contributed by atoms with Gasteiger partial charge in [-0.15, -0.1) is 5.10 Å². The van der Waals surface area contributed by atoms with Gasteiger partial charge in [0.15, 0.2) is 0 Å². The Balaban J connectivity index is 1.54. The molecule has 3 heterocycles. The van der Waals surface area contributed by atoms with Crippen molar-refractivity contribution in [1.29, 1.82) is 0 Å². The van der Waals surface area contributed by atoms with Gasteiger partial charge in [-0.1, -0.05) is 0 Å². The van der Waals surface area contributed by atoms with Crippen LogP contribution in [0.4, 0.5) is 5.95 Å². The molecule has 0 amide bonds. The molecule has 0 saturated carbocycles. The van der Waals surface area contributed by atoms with Gasteiger partial charge in [-0.25, -0.2) is 0 Å². The largest absolute Gasteiger partial charge is 0.469 e. The highest BCUT2D eigenvalue weighted by atomic mass is 16.3. The number of nitrogens with zero attached hydrogens (tertiary/aromatic N) is 3. The maximum atomic E-state index is 5.32. The van der Waals surface area contributed by atoms with Crippen molar-refractivity contribution in [3.05, 3.63) is 30.0 Å². The number of furan rings is 1. The maximum Gasteiger partial charge on any atom is 0.244 e. The lowest BCUT2D eigenvalue weighted by atomic mass is 10.1. The standard InChI is InChI=1S/C14H21N5O/c1-15-11-6-8-19(9-7-11)14-16-13(17-18-14)5-4-12-3-2-10-20-12/h2-3,10-11,15H,4-9H2,1H3,(H,16,17,18). The quantitative estimate of drug-likeness (QED) is 0.862. The van der Waals surface area contributed by atoms with Crippen molar-refractivity contribution in [3.63, 3.8) is 0 Å². The fourth-order valence-electron chi connectivity index (χ4n) is 2.60. The fraction of sp³-hybridized carbons (Fsp3) is 0.571. The molecule has 1 fully saturated rings. The highest BCUT2D eigenvalue weighted by Crippen LogP contribution is 2.16. The van der Waals surface area contributed by atoms with E-state index in [2.05, 4.69) is 25.4 Å². The van der Waals surface area contributed by atoms with E-state index in [4.69, 9.17) is 4.42 Å². The van der Waals surface area contributed by atoms with E-state index in [9.17, 15) is 0 Å². The van der Waals surface area contributed by atoms with Gasteiger partial charge in [0.05, 0.1) is 6.26 Å². The summed E-state index contributed by atoms with van der Waals surface area (Å²) >= 11 is 0. The summed E-state index contributed by atoms with van der Waals surface area (Å²) in [6, 6.07) is 4.52. The molecule has 1 saturated heterocycles. The monoisotopic (exact) mass is 275 g/mol. The topological polar surface area (TPSA) is 70.0 Å². The molecule has 0 aromatic carbocycles. The minimum absolute atomic E-state index is 0.628. The van der Waals surface area contributed by atoms with Gasteiger partial charge < -0.3 is 14.6 Å². The van der Waals surface area contributed by atoms with Crippen molar-refractivity contribution >= 4 is 5.95 Å². The van der Waals surface area contributed by atoms with Crippen LogP contribution in [-0.4, -0.2) is 41.4 Å². The molecule has 2 aromatic heterocycles. The number of aromatic nitrogens is 3. The summed E-state index contributed by atoms with van der Waals surface area (Å²) in [5.41, 5.74) is 0. The molecule has 6 heteroatoms. The summed E-state index contributed by atoms with van der Waals surface area (Å²) in [6.45, 7) is 2.03. The van der Waals surface area contributed by atoms with Crippen LogP contribution < -0.4 is 10.2 Å². The molecular formula is C14H21N5O. The Morgan fingerprint density at radius 1 is 1.40 bits per heavy atom. The van der Waals surface area contributed by atoms with Crippen LogP contribution >= 0.6 is 0 Å². The van der Waals surface area contributed by atoms with E-state index in [-0.39, 0.29) is 0 Å². The van der Waals surface area contributed by atoms with Crippen LogP contribution in [0.3, 0.4) is 0 Å². The molecule has 2 aromatic rings. The van der Waals surface area contributed by atoms with E-state index in [0.717, 1.165) is 56.3 Å². The van der Waals surface area contributed by atoms with Crippen molar-refractivity contribution in [2.24, 2.45) is 0 Å². The van der Waals surface area contributed by atoms with E-state index in [1.54, 1.807) is 6.26 Å². The fourth-order valence-corrected chi connectivity index (χ4v) is 2.60. The third-order valence-corrected chi connectivity index (χ3v) is 3.89. The summed E-state index contributed by atoms with van der Waals surface area (Å²) in [7, 11) is 2.03. The van der Waals surface area contributed by atoms with Crippen molar-refractivity contribution in [2.45, 2.75) is 31.7 Å². The first-order valence-electron chi connectivity index (χ1n) is 7.21. The zero-order valence-corrected chi connectivity index (χ0v) is 11.8. The average molecular weight is 275 g/mol. The molecule has 2 N–H and O–H groups in total. The van der Waals surface area contributed by atoms with Crippen LogP contribution in [0, 0.1) is 0 Å². The van der Waals surface area contributed by atoms with E-state index >= 15 is 0 Å². The smallest absolute Gasteiger partial charge is 0.244 e. The second-order valence-electron chi connectivity index (χ2n) is 5.21. The number of hydrogen-bond acceptors (Lipinski definition) is 5. The first-order valence-corrected chi connectivity index (χ1v) is 7.21. The Bertz CT molecular complexity index is 513. The molecule has 0 bridgehead atoms. The molecule has 108 valence electrons. The summed E-state index contributed by atoms with van der Waals surface area (Å²) in [5, 5.41) is 10.7. The highest BCUT2D eigenvalue weighted by Gasteiger charge is 2.20. The summed E-state index contributed by atoms with van der Waals surface area (Å²) in [4.78, 5) is 6.83. The van der Waals surface area contributed by atoms with Gasteiger partial charge in [0.25, 0.3) is 0 Å². The van der Waals surface area contributed by atoms with E-state index in [1.165, 1.54) is 0 Å². The van der Waals surface area contributed by atoms with Crippen LogP contribution in [0.25, 0.3) is 0 Å². The normalized spacial score (nSPS) is 16.8. The Morgan fingerprint density at radius 3 is 2.95 bits per heavy atom. The SMILES string of the molecule is CNC1CCN(c2n[nH]c(CCc3ccco3)n2)CC1. The van der Waals surface area contributed by atoms with Crippen molar-refractivity contribution < 1.29 is 4.42 Å². The summed E-state index contributed by atoms with van der Waals surface area (Å²) in [6.07, 6.45) is 5.67.